The van der Waals surface area contributed by atoms with Crippen molar-refractivity contribution in [2.24, 2.45) is 5.73 Å². The van der Waals surface area contributed by atoms with Gasteiger partial charge in [0.25, 0.3) is 0 Å². The van der Waals surface area contributed by atoms with Crippen molar-refractivity contribution in [1.82, 2.24) is 0 Å². The Balaban J connectivity index is 2.39. The zero-order valence-corrected chi connectivity index (χ0v) is 38.6. The average molecular weight is 882 g/mol. The second-order valence-corrected chi connectivity index (χ2v) is 17.2. The SMILES string of the molecule is CCCCCc1oc(CCCCCCCCCCC(=O)O[C@H](COC(=O)CCC[C@@H](O)[C@H](O)/C=C/C=C/C=C\C=C\[C@H](O)CCCCC)COP(=O)(O)OCCN)c(C)c1C. The van der Waals surface area contributed by atoms with Gasteiger partial charge in [-0.15, -0.1) is 0 Å². The fraction of sp³-hybridized carbons (Fsp3) is 0.702. The Labute approximate surface area is 366 Å². The fourth-order valence-electron chi connectivity index (χ4n) is 6.43. The number of hydrogen-bond acceptors (Lipinski definition) is 12. The largest absolute Gasteiger partial charge is 0.472 e. The number of furan rings is 1. The summed E-state index contributed by atoms with van der Waals surface area (Å²) < 4.78 is 38.8. The number of carbonyl (C=O) groups excluding carboxylic acids is 2. The van der Waals surface area contributed by atoms with E-state index in [0.29, 0.717) is 6.42 Å². The molecule has 0 fully saturated rings. The zero-order valence-electron chi connectivity index (χ0n) is 37.7. The van der Waals surface area contributed by atoms with Gasteiger partial charge < -0.3 is 39.8 Å². The highest BCUT2D eigenvalue weighted by molar-refractivity contribution is 7.47. The van der Waals surface area contributed by atoms with Gasteiger partial charge in [-0.25, -0.2) is 4.57 Å². The van der Waals surface area contributed by atoms with Gasteiger partial charge in [0.2, 0.25) is 0 Å². The molecule has 1 aromatic rings. The highest BCUT2D eigenvalue weighted by Gasteiger charge is 2.26. The van der Waals surface area contributed by atoms with Gasteiger partial charge in [0, 0.05) is 32.2 Å². The minimum Gasteiger partial charge on any atom is -0.466 e. The molecule has 0 amide bonds. The molecule has 0 saturated carbocycles. The lowest BCUT2D eigenvalue weighted by atomic mass is 10.0. The predicted octanol–water partition coefficient (Wildman–Crippen LogP) is 9.29. The van der Waals surface area contributed by atoms with Gasteiger partial charge in [0.05, 0.1) is 31.5 Å². The van der Waals surface area contributed by atoms with Gasteiger partial charge in [0.1, 0.15) is 18.1 Å². The van der Waals surface area contributed by atoms with Crippen molar-refractivity contribution in [1.29, 1.82) is 0 Å². The van der Waals surface area contributed by atoms with Crippen molar-refractivity contribution in [3.63, 3.8) is 0 Å². The van der Waals surface area contributed by atoms with E-state index in [9.17, 15) is 34.4 Å². The van der Waals surface area contributed by atoms with E-state index in [1.165, 1.54) is 36.5 Å². The Bertz CT molecular complexity index is 1470. The van der Waals surface area contributed by atoms with Crippen LogP contribution >= 0.6 is 7.82 Å². The number of aryl methyl sites for hydroxylation is 2. The molecule has 1 rings (SSSR count). The van der Waals surface area contributed by atoms with E-state index < -0.39 is 57.4 Å². The van der Waals surface area contributed by atoms with Crippen LogP contribution < -0.4 is 5.73 Å². The lowest BCUT2D eigenvalue weighted by Gasteiger charge is -2.20. The van der Waals surface area contributed by atoms with Gasteiger partial charge >= 0.3 is 19.8 Å². The summed E-state index contributed by atoms with van der Waals surface area (Å²) in [6, 6.07) is 0. The van der Waals surface area contributed by atoms with Crippen molar-refractivity contribution in [2.75, 3.05) is 26.4 Å². The molecule has 6 N–H and O–H groups in total. The molecular formula is C47H80NO12P. The first-order chi connectivity index (χ1) is 29.3. The van der Waals surface area contributed by atoms with E-state index >= 15 is 0 Å². The molecule has 350 valence electrons. The zero-order chi connectivity index (χ0) is 45.1. The first kappa shape index (κ1) is 56.1. The molecule has 1 heterocycles. The van der Waals surface area contributed by atoms with Crippen LogP contribution in [0.1, 0.15) is 158 Å². The molecule has 5 atom stereocenters. The Hall–Kier alpha value is -2.87. The molecular weight excluding hydrogens is 801 g/mol. The summed E-state index contributed by atoms with van der Waals surface area (Å²) in [5.41, 5.74) is 7.95. The number of phosphoric acid groups is 1. The number of phosphoric ester groups is 1. The van der Waals surface area contributed by atoms with E-state index in [2.05, 4.69) is 27.7 Å². The van der Waals surface area contributed by atoms with Crippen LogP contribution in [0.4, 0.5) is 0 Å². The number of hydrogen-bond donors (Lipinski definition) is 5. The summed E-state index contributed by atoms with van der Waals surface area (Å²) in [5, 5.41) is 30.5. The van der Waals surface area contributed by atoms with Crippen LogP contribution in [0.3, 0.4) is 0 Å². The van der Waals surface area contributed by atoms with E-state index in [-0.39, 0.29) is 38.8 Å². The number of ether oxygens (including phenoxy) is 2. The molecule has 61 heavy (non-hydrogen) atoms. The minimum absolute atomic E-state index is 0.00369. The summed E-state index contributed by atoms with van der Waals surface area (Å²) in [5.74, 6) is 1.10. The lowest BCUT2D eigenvalue weighted by molar-refractivity contribution is -0.161. The number of aliphatic hydroxyl groups is 3. The average Bonchev–Trinajstić information content (AvgIpc) is 3.50. The molecule has 0 spiro atoms. The van der Waals surface area contributed by atoms with Crippen molar-refractivity contribution < 1.29 is 57.3 Å². The van der Waals surface area contributed by atoms with Gasteiger partial charge in [-0.2, -0.15) is 0 Å². The third kappa shape index (κ3) is 29.2. The molecule has 0 bridgehead atoms. The van der Waals surface area contributed by atoms with Crippen molar-refractivity contribution in [2.45, 2.75) is 187 Å². The molecule has 13 nitrogen and oxygen atoms in total. The third-order valence-corrected chi connectivity index (χ3v) is 11.3. The first-order valence-electron chi connectivity index (χ1n) is 22.8. The van der Waals surface area contributed by atoms with E-state index in [0.717, 1.165) is 95.0 Å². The number of unbranched alkanes of at least 4 members (excludes halogenated alkanes) is 11. The molecule has 14 heteroatoms. The van der Waals surface area contributed by atoms with Crippen molar-refractivity contribution in [3.8, 4) is 0 Å². The maximum absolute atomic E-state index is 12.7. The van der Waals surface area contributed by atoms with Crippen molar-refractivity contribution in [3.05, 3.63) is 71.3 Å². The number of esters is 2. The maximum atomic E-state index is 12.7. The van der Waals surface area contributed by atoms with E-state index in [1.54, 1.807) is 42.5 Å². The topological polar surface area (TPSA) is 208 Å². The molecule has 0 aliphatic rings. The molecule has 0 saturated heterocycles. The molecule has 0 aliphatic heterocycles. The maximum Gasteiger partial charge on any atom is 0.472 e. The smallest absolute Gasteiger partial charge is 0.466 e. The quantitative estimate of drug-likeness (QED) is 0.0182. The van der Waals surface area contributed by atoms with Gasteiger partial charge in [-0.3, -0.25) is 18.6 Å². The van der Waals surface area contributed by atoms with Crippen LogP contribution in [-0.2, 0) is 45.5 Å². The van der Waals surface area contributed by atoms with E-state index in [4.69, 9.17) is 28.7 Å². The van der Waals surface area contributed by atoms with Crippen LogP contribution in [0.15, 0.2) is 53.0 Å². The number of allylic oxidation sites excluding steroid dienone is 6. The summed E-state index contributed by atoms with van der Waals surface area (Å²) >= 11 is 0. The predicted molar refractivity (Wildman–Crippen MR) is 241 cm³/mol. The van der Waals surface area contributed by atoms with Gasteiger partial charge in [0.15, 0.2) is 6.10 Å². The normalized spacial score (nSPS) is 15.2. The molecule has 0 aliphatic carbocycles. The number of carbonyl (C=O) groups is 2. The first-order valence-corrected chi connectivity index (χ1v) is 24.3. The highest BCUT2D eigenvalue weighted by atomic mass is 31.2. The number of rotatable bonds is 38. The standard InChI is InChI=1S/C47H80NO12P/c1-5-7-19-26-40(49)27-21-15-13-14-16-22-28-42(50)43(51)29-25-33-46(52)56-36-41(37-58-61(54,55)57-35-34-48)59-47(53)32-24-18-12-10-9-11-17-23-31-45-39(4)38(3)44(60-45)30-20-8-6-2/h13-16,21-22,27-28,40-43,49-51H,5-12,17-20,23-26,29-37,48H2,1-4H3,(H,54,55)/b15-13-,16-14+,27-21+,28-22+/t40-,41-,42-,43-/m1/s1. The fourth-order valence-corrected chi connectivity index (χ4v) is 7.20. The summed E-state index contributed by atoms with van der Waals surface area (Å²) in [6.45, 7) is 7.49. The molecule has 1 unspecified atom stereocenters. The Kier molecular flexibility index (Phi) is 32.7. The van der Waals surface area contributed by atoms with Crippen LogP contribution in [0.25, 0.3) is 0 Å². The van der Waals surface area contributed by atoms with Crippen LogP contribution in [0, 0.1) is 13.8 Å². The summed E-state index contributed by atoms with van der Waals surface area (Å²) in [6.07, 6.45) is 27.7. The van der Waals surface area contributed by atoms with Gasteiger partial charge in [-0.1, -0.05) is 133 Å². The number of aliphatic hydroxyl groups excluding tert-OH is 3. The minimum atomic E-state index is -4.48. The second-order valence-electron chi connectivity index (χ2n) is 15.7. The summed E-state index contributed by atoms with van der Waals surface area (Å²) in [7, 11) is -4.48. The van der Waals surface area contributed by atoms with Crippen LogP contribution in [0.5, 0.6) is 0 Å². The Morgan fingerprint density at radius 2 is 1.21 bits per heavy atom. The Morgan fingerprint density at radius 1 is 0.672 bits per heavy atom. The van der Waals surface area contributed by atoms with Crippen LogP contribution in [0.2, 0.25) is 0 Å². The Morgan fingerprint density at radius 3 is 1.84 bits per heavy atom. The van der Waals surface area contributed by atoms with Crippen LogP contribution in [-0.4, -0.2) is 82.9 Å². The molecule has 0 aromatic carbocycles. The van der Waals surface area contributed by atoms with E-state index in [1.807, 2.05) is 0 Å². The monoisotopic (exact) mass is 882 g/mol. The summed E-state index contributed by atoms with van der Waals surface area (Å²) in [4.78, 5) is 35.1. The molecule has 1 aromatic heterocycles. The van der Waals surface area contributed by atoms with Crippen molar-refractivity contribution >= 4 is 19.8 Å². The molecule has 0 radical (unpaired) electrons. The highest BCUT2D eigenvalue weighted by Crippen LogP contribution is 2.43. The lowest BCUT2D eigenvalue weighted by Crippen LogP contribution is -2.30. The third-order valence-electron chi connectivity index (χ3n) is 10.3. The second kappa shape index (κ2) is 35.6. The number of nitrogens with two attached hydrogens (primary N) is 1. The van der Waals surface area contributed by atoms with Gasteiger partial charge in [-0.05, 0) is 63.5 Å².